The first-order valence-corrected chi connectivity index (χ1v) is 9.28. The number of amides is 2. The number of hydrogen-bond donors (Lipinski definition) is 2. The molecular formula is C17H25N3O3S. The van der Waals surface area contributed by atoms with Gasteiger partial charge < -0.3 is 15.3 Å². The van der Waals surface area contributed by atoms with Gasteiger partial charge in [-0.2, -0.15) is 0 Å². The smallest absolute Gasteiger partial charge is 0.264 e. The molecule has 1 aromatic rings. The highest BCUT2D eigenvalue weighted by Gasteiger charge is 2.30. The van der Waals surface area contributed by atoms with Gasteiger partial charge in [-0.25, -0.2) is 0 Å². The first kappa shape index (κ1) is 17.4. The van der Waals surface area contributed by atoms with Crippen LogP contribution < -0.4 is 5.32 Å². The predicted octanol–water partition coefficient (Wildman–Crippen LogP) is 1.63. The van der Waals surface area contributed by atoms with E-state index in [1.54, 1.807) is 19.9 Å². The Morgan fingerprint density at radius 1 is 1.25 bits per heavy atom. The third-order valence-corrected chi connectivity index (χ3v) is 5.27. The highest BCUT2D eigenvalue weighted by atomic mass is 32.1. The summed E-state index contributed by atoms with van der Waals surface area (Å²) in [5.74, 6) is 0.251. The monoisotopic (exact) mass is 351 g/mol. The van der Waals surface area contributed by atoms with Gasteiger partial charge in [0.15, 0.2) is 0 Å². The first-order chi connectivity index (χ1) is 11.3. The Morgan fingerprint density at radius 3 is 2.50 bits per heavy atom. The van der Waals surface area contributed by atoms with E-state index in [1.807, 2.05) is 11.0 Å². The topological polar surface area (TPSA) is 72.9 Å². The molecule has 0 radical (unpaired) electrons. The van der Waals surface area contributed by atoms with Gasteiger partial charge in [-0.3, -0.25) is 14.5 Å². The molecule has 2 heterocycles. The van der Waals surface area contributed by atoms with Crippen molar-refractivity contribution in [3.05, 3.63) is 17.0 Å². The van der Waals surface area contributed by atoms with Crippen LogP contribution in [-0.2, 0) is 4.79 Å². The minimum absolute atomic E-state index is 0.0230. The number of nitrogens with one attached hydrogen (secondary N) is 1. The van der Waals surface area contributed by atoms with Gasteiger partial charge in [0.05, 0.1) is 15.5 Å². The van der Waals surface area contributed by atoms with Gasteiger partial charge in [-0.05, 0) is 38.8 Å². The number of rotatable bonds is 5. The second kappa shape index (κ2) is 6.82. The fraction of sp³-hybridized carbons (Fsp3) is 0.647. The number of anilines is 1. The van der Waals surface area contributed by atoms with Crippen molar-refractivity contribution in [3.63, 3.8) is 0 Å². The molecule has 1 aromatic heterocycles. The quantitative estimate of drug-likeness (QED) is 0.846. The van der Waals surface area contributed by atoms with Gasteiger partial charge in [-0.15, -0.1) is 11.3 Å². The minimum Gasteiger partial charge on any atom is -0.389 e. The van der Waals surface area contributed by atoms with Crippen molar-refractivity contribution in [2.45, 2.75) is 32.3 Å². The van der Waals surface area contributed by atoms with Crippen molar-refractivity contribution in [2.75, 3.05) is 38.0 Å². The lowest BCUT2D eigenvalue weighted by molar-refractivity contribution is -0.117. The van der Waals surface area contributed by atoms with Crippen LogP contribution in [0.1, 0.15) is 36.4 Å². The molecule has 7 heteroatoms. The average Bonchev–Trinajstić information content (AvgIpc) is 3.26. The van der Waals surface area contributed by atoms with Crippen LogP contribution in [0.5, 0.6) is 0 Å². The molecule has 1 saturated carbocycles. The second-order valence-electron chi connectivity index (χ2n) is 7.31. The summed E-state index contributed by atoms with van der Waals surface area (Å²) in [6, 6.07) is 3.60. The molecule has 0 bridgehead atoms. The van der Waals surface area contributed by atoms with E-state index in [-0.39, 0.29) is 17.7 Å². The van der Waals surface area contributed by atoms with E-state index in [9.17, 15) is 14.7 Å². The third-order valence-electron chi connectivity index (χ3n) is 4.28. The second-order valence-corrected chi connectivity index (χ2v) is 8.39. The maximum atomic E-state index is 12.6. The number of nitrogens with zero attached hydrogens (tertiary/aromatic N) is 2. The predicted molar refractivity (Wildman–Crippen MR) is 94.3 cm³/mol. The molecule has 24 heavy (non-hydrogen) atoms. The lowest BCUT2D eigenvalue weighted by atomic mass is 10.1. The average molecular weight is 351 g/mol. The van der Waals surface area contributed by atoms with Gasteiger partial charge in [0.2, 0.25) is 5.91 Å². The Kier molecular flexibility index (Phi) is 4.94. The van der Waals surface area contributed by atoms with Crippen LogP contribution in [0.15, 0.2) is 12.1 Å². The highest BCUT2D eigenvalue weighted by Crippen LogP contribution is 2.32. The van der Waals surface area contributed by atoms with Crippen LogP contribution in [0.4, 0.5) is 5.00 Å². The Labute approximate surface area is 146 Å². The zero-order valence-corrected chi connectivity index (χ0v) is 15.1. The van der Waals surface area contributed by atoms with Crippen molar-refractivity contribution in [3.8, 4) is 0 Å². The van der Waals surface area contributed by atoms with Gasteiger partial charge in [0, 0.05) is 38.6 Å². The molecular weight excluding hydrogens is 326 g/mol. The van der Waals surface area contributed by atoms with Crippen LogP contribution in [-0.4, -0.2) is 65.0 Å². The Bertz CT molecular complexity index is 611. The number of thiophene rings is 1. The molecule has 1 saturated heterocycles. The molecule has 2 amide bonds. The molecule has 2 N–H and O–H groups in total. The molecule has 2 aliphatic rings. The summed E-state index contributed by atoms with van der Waals surface area (Å²) in [6.45, 7) is 7.08. The summed E-state index contributed by atoms with van der Waals surface area (Å²) < 4.78 is 0. The number of carbonyl (C=O) groups excluding carboxylic acids is 2. The van der Waals surface area contributed by atoms with Crippen molar-refractivity contribution < 1.29 is 14.7 Å². The Morgan fingerprint density at radius 2 is 1.92 bits per heavy atom. The maximum absolute atomic E-state index is 12.6. The summed E-state index contributed by atoms with van der Waals surface area (Å²) in [7, 11) is 0. The standard InChI is InChI=1S/C17H25N3O3S/c1-17(2,23)11-19-7-9-20(10-8-19)16(22)13-5-6-14(24-13)18-15(21)12-3-4-12/h5-6,12,23H,3-4,7-11H2,1-2H3,(H,18,21). The Hall–Kier alpha value is -1.44. The highest BCUT2D eigenvalue weighted by molar-refractivity contribution is 7.18. The van der Waals surface area contributed by atoms with Crippen LogP contribution >= 0.6 is 11.3 Å². The lowest BCUT2D eigenvalue weighted by Gasteiger charge is -2.37. The van der Waals surface area contributed by atoms with Crippen LogP contribution in [0.3, 0.4) is 0 Å². The molecule has 3 rings (SSSR count). The van der Waals surface area contributed by atoms with Crippen molar-refractivity contribution in [1.29, 1.82) is 0 Å². The van der Waals surface area contributed by atoms with Crippen LogP contribution in [0, 0.1) is 5.92 Å². The van der Waals surface area contributed by atoms with Gasteiger partial charge in [-0.1, -0.05) is 0 Å². The van der Waals surface area contributed by atoms with E-state index in [4.69, 9.17) is 0 Å². The molecule has 6 nitrogen and oxygen atoms in total. The van der Waals surface area contributed by atoms with E-state index in [0.717, 1.165) is 30.9 Å². The zero-order valence-electron chi connectivity index (χ0n) is 14.2. The zero-order chi connectivity index (χ0) is 17.3. The molecule has 1 aliphatic carbocycles. The molecule has 2 fully saturated rings. The molecule has 0 aromatic carbocycles. The fourth-order valence-corrected chi connectivity index (χ4v) is 3.78. The largest absolute Gasteiger partial charge is 0.389 e. The third kappa shape index (κ3) is 4.55. The van der Waals surface area contributed by atoms with E-state index in [1.165, 1.54) is 11.3 Å². The summed E-state index contributed by atoms with van der Waals surface area (Å²) in [5, 5.41) is 13.5. The first-order valence-electron chi connectivity index (χ1n) is 8.46. The van der Waals surface area contributed by atoms with E-state index < -0.39 is 5.60 Å². The molecule has 0 unspecified atom stereocenters. The number of piperazine rings is 1. The van der Waals surface area contributed by atoms with Gasteiger partial charge in [0.1, 0.15) is 0 Å². The summed E-state index contributed by atoms with van der Waals surface area (Å²) in [4.78, 5) is 29.1. The minimum atomic E-state index is -0.714. The van der Waals surface area contributed by atoms with E-state index >= 15 is 0 Å². The van der Waals surface area contributed by atoms with Crippen LogP contribution in [0.25, 0.3) is 0 Å². The Balaban J connectivity index is 1.52. The number of hydrogen-bond acceptors (Lipinski definition) is 5. The fourth-order valence-electron chi connectivity index (χ4n) is 2.90. The summed E-state index contributed by atoms with van der Waals surface area (Å²) in [6.07, 6.45) is 1.94. The van der Waals surface area contributed by atoms with Crippen molar-refractivity contribution in [2.24, 2.45) is 5.92 Å². The summed E-state index contributed by atoms with van der Waals surface area (Å²) >= 11 is 1.34. The van der Waals surface area contributed by atoms with Crippen LogP contribution in [0.2, 0.25) is 0 Å². The summed E-state index contributed by atoms with van der Waals surface area (Å²) in [5.41, 5.74) is -0.714. The molecule has 132 valence electrons. The van der Waals surface area contributed by atoms with Gasteiger partial charge >= 0.3 is 0 Å². The molecule has 0 spiro atoms. The van der Waals surface area contributed by atoms with E-state index in [0.29, 0.717) is 24.5 Å². The molecule has 1 aliphatic heterocycles. The normalized spacial score (nSPS) is 19.4. The maximum Gasteiger partial charge on any atom is 0.264 e. The number of aliphatic hydroxyl groups is 1. The van der Waals surface area contributed by atoms with Crippen molar-refractivity contribution >= 4 is 28.2 Å². The van der Waals surface area contributed by atoms with Crippen molar-refractivity contribution in [1.82, 2.24) is 9.80 Å². The molecule has 0 atom stereocenters. The van der Waals surface area contributed by atoms with Gasteiger partial charge in [0.25, 0.3) is 5.91 Å². The number of carbonyl (C=O) groups is 2. The van der Waals surface area contributed by atoms with E-state index in [2.05, 4.69) is 10.2 Å². The lowest BCUT2D eigenvalue weighted by Crippen LogP contribution is -2.51. The number of β-amino-alcohol motifs (C(OH)–C–C–N with tert-alkyl or cyclic N) is 1. The SMILES string of the molecule is CC(C)(O)CN1CCN(C(=O)c2ccc(NC(=O)C3CC3)s2)CC1.